The number of aromatic nitrogens is 3. The van der Waals surface area contributed by atoms with E-state index in [2.05, 4.69) is 14.9 Å². The van der Waals surface area contributed by atoms with Crippen molar-refractivity contribution in [2.45, 2.75) is 18.7 Å². The van der Waals surface area contributed by atoms with Gasteiger partial charge in [0.05, 0.1) is 4.90 Å². The monoisotopic (exact) mass is 443 g/mol. The molecule has 3 heterocycles. The first-order chi connectivity index (χ1) is 14.4. The Balaban J connectivity index is 1.57. The Hall–Kier alpha value is -2.55. The summed E-state index contributed by atoms with van der Waals surface area (Å²) in [5, 5.41) is 0.406. The molecule has 30 heavy (non-hydrogen) atoms. The van der Waals surface area contributed by atoms with Gasteiger partial charge in [-0.25, -0.2) is 18.4 Å². The number of hydrogen-bond acceptors (Lipinski definition) is 6. The standard InChI is InChI=1S/C21H22ClN5O2S/c1-15-16(2)24-20(19-8-3-4-9-23-19)25-21(15)26-10-12-27(13-11-26)30(28,29)18-7-5-6-17(22)14-18/h3-9,14H,10-13H2,1-2H3. The van der Waals surface area contributed by atoms with E-state index in [1.165, 1.54) is 10.4 Å². The van der Waals surface area contributed by atoms with Crippen LogP contribution in [0.5, 0.6) is 0 Å². The summed E-state index contributed by atoms with van der Waals surface area (Å²) in [6.45, 7) is 5.76. The van der Waals surface area contributed by atoms with Gasteiger partial charge in [-0.3, -0.25) is 4.98 Å². The number of nitrogens with zero attached hydrogens (tertiary/aromatic N) is 5. The van der Waals surface area contributed by atoms with Crippen LogP contribution in [0.4, 0.5) is 5.82 Å². The van der Waals surface area contributed by atoms with Crippen molar-refractivity contribution >= 4 is 27.4 Å². The van der Waals surface area contributed by atoms with E-state index in [4.69, 9.17) is 16.6 Å². The van der Waals surface area contributed by atoms with Gasteiger partial charge in [0, 0.05) is 48.7 Å². The van der Waals surface area contributed by atoms with Crippen molar-refractivity contribution in [2.75, 3.05) is 31.1 Å². The first-order valence-electron chi connectivity index (χ1n) is 9.63. The Labute approximate surface area is 181 Å². The number of piperazine rings is 1. The average molecular weight is 444 g/mol. The van der Waals surface area contributed by atoms with Gasteiger partial charge in [-0.1, -0.05) is 23.7 Å². The fourth-order valence-corrected chi connectivity index (χ4v) is 5.17. The van der Waals surface area contributed by atoms with Gasteiger partial charge in [0.15, 0.2) is 5.82 Å². The number of benzene rings is 1. The maximum Gasteiger partial charge on any atom is 0.243 e. The predicted octanol–water partition coefficient (Wildman–Crippen LogP) is 3.32. The third kappa shape index (κ3) is 4.03. The summed E-state index contributed by atoms with van der Waals surface area (Å²) in [5.41, 5.74) is 2.58. The summed E-state index contributed by atoms with van der Waals surface area (Å²) < 4.78 is 27.4. The third-order valence-corrected chi connectivity index (χ3v) is 7.36. The Bertz CT molecular complexity index is 1160. The second-order valence-electron chi connectivity index (χ2n) is 7.14. The summed E-state index contributed by atoms with van der Waals surface area (Å²) in [6, 6.07) is 12.0. The summed E-state index contributed by atoms with van der Waals surface area (Å²) in [5.74, 6) is 1.39. The summed E-state index contributed by atoms with van der Waals surface area (Å²) >= 11 is 5.98. The van der Waals surface area contributed by atoms with Gasteiger partial charge in [-0.05, 0) is 44.2 Å². The highest BCUT2D eigenvalue weighted by Crippen LogP contribution is 2.26. The van der Waals surface area contributed by atoms with Crippen molar-refractivity contribution in [1.29, 1.82) is 0 Å². The smallest absolute Gasteiger partial charge is 0.243 e. The minimum atomic E-state index is -3.58. The number of rotatable bonds is 4. The number of halogens is 1. The molecular formula is C21H22ClN5O2S. The lowest BCUT2D eigenvalue weighted by atomic mass is 10.2. The molecule has 1 fully saturated rings. The van der Waals surface area contributed by atoms with Gasteiger partial charge in [0.1, 0.15) is 11.5 Å². The SMILES string of the molecule is Cc1nc(-c2ccccn2)nc(N2CCN(S(=O)(=O)c3cccc(Cl)c3)CC2)c1C. The van der Waals surface area contributed by atoms with E-state index < -0.39 is 10.0 Å². The van der Waals surface area contributed by atoms with Crippen LogP contribution in [0.25, 0.3) is 11.5 Å². The van der Waals surface area contributed by atoms with Crippen molar-refractivity contribution in [3.63, 3.8) is 0 Å². The van der Waals surface area contributed by atoms with Crippen LogP contribution in [0.3, 0.4) is 0 Å². The zero-order valence-electron chi connectivity index (χ0n) is 16.8. The molecule has 0 atom stereocenters. The number of sulfonamides is 1. The highest BCUT2D eigenvalue weighted by atomic mass is 35.5. The molecular weight excluding hydrogens is 422 g/mol. The largest absolute Gasteiger partial charge is 0.354 e. The molecule has 0 aliphatic carbocycles. The molecule has 3 aromatic rings. The summed E-state index contributed by atoms with van der Waals surface area (Å²) in [6.07, 6.45) is 1.72. The van der Waals surface area contributed by atoms with Crippen LogP contribution in [0.2, 0.25) is 5.02 Å². The van der Waals surface area contributed by atoms with Crippen LogP contribution < -0.4 is 4.90 Å². The normalized spacial score (nSPS) is 15.4. The van der Waals surface area contributed by atoms with Gasteiger partial charge < -0.3 is 4.90 Å². The van der Waals surface area contributed by atoms with E-state index in [1.807, 2.05) is 32.0 Å². The number of pyridine rings is 1. The van der Waals surface area contributed by atoms with Crippen LogP contribution in [-0.4, -0.2) is 53.9 Å². The topological polar surface area (TPSA) is 79.3 Å². The van der Waals surface area contributed by atoms with E-state index in [0.717, 1.165) is 17.1 Å². The molecule has 0 spiro atoms. The lowest BCUT2D eigenvalue weighted by Gasteiger charge is -2.35. The third-order valence-electron chi connectivity index (χ3n) is 5.23. The first kappa shape index (κ1) is 20.7. The van der Waals surface area contributed by atoms with E-state index in [1.54, 1.807) is 24.4 Å². The fraction of sp³-hybridized carbons (Fsp3) is 0.286. The minimum absolute atomic E-state index is 0.218. The Morgan fingerprint density at radius 1 is 0.967 bits per heavy atom. The molecule has 0 amide bonds. The lowest BCUT2D eigenvalue weighted by molar-refractivity contribution is 0.383. The van der Waals surface area contributed by atoms with Gasteiger partial charge in [-0.2, -0.15) is 4.31 Å². The van der Waals surface area contributed by atoms with Crippen molar-refractivity contribution < 1.29 is 8.42 Å². The zero-order valence-corrected chi connectivity index (χ0v) is 18.4. The molecule has 9 heteroatoms. The van der Waals surface area contributed by atoms with Crippen LogP contribution in [0.1, 0.15) is 11.3 Å². The molecule has 1 aliphatic rings. The summed E-state index contributed by atoms with van der Waals surface area (Å²) in [4.78, 5) is 16.0. The van der Waals surface area contributed by atoms with E-state index in [9.17, 15) is 8.42 Å². The predicted molar refractivity (Wildman–Crippen MR) is 117 cm³/mol. The molecule has 0 unspecified atom stereocenters. The molecule has 156 valence electrons. The molecule has 0 N–H and O–H groups in total. The zero-order chi connectivity index (χ0) is 21.3. The van der Waals surface area contributed by atoms with Gasteiger partial charge in [0.25, 0.3) is 0 Å². The van der Waals surface area contributed by atoms with Crippen LogP contribution >= 0.6 is 11.6 Å². The fourth-order valence-electron chi connectivity index (χ4n) is 3.45. The lowest BCUT2D eigenvalue weighted by Crippen LogP contribution is -2.49. The van der Waals surface area contributed by atoms with Crippen molar-refractivity contribution in [3.05, 3.63) is 64.9 Å². The molecule has 0 radical (unpaired) electrons. The first-order valence-corrected chi connectivity index (χ1v) is 11.5. The quantitative estimate of drug-likeness (QED) is 0.615. The van der Waals surface area contributed by atoms with Crippen molar-refractivity contribution in [2.24, 2.45) is 0 Å². The molecule has 4 rings (SSSR count). The second kappa shape index (κ2) is 8.29. The molecule has 1 saturated heterocycles. The van der Waals surface area contributed by atoms with Gasteiger partial charge in [-0.15, -0.1) is 0 Å². The Morgan fingerprint density at radius 2 is 1.73 bits per heavy atom. The molecule has 1 aromatic carbocycles. The molecule has 0 bridgehead atoms. The minimum Gasteiger partial charge on any atom is -0.354 e. The van der Waals surface area contributed by atoms with Crippen molar-refractivity contribution in [3.8, 4) is 11.5 Å². The number of anilines is 1. The number of hydrogen-bond donors (Lipinski definition) is 0. The highest BCUT2D eigenvalue weighted by molar-refractivity contribution is 7.89. The Morgan fingerprint density at radius 3 is 2.40 bits per heavy atom. The van der Waals surface area contributed by atoms with Crippen molar-refractivity contribution in [1.82, 2.24) is 19.3 Å². The van der Waals surface area contributed by atoms with Gasteiger partial charge in [0.2, 0.25) is 10.0 Å². The maximum absolute atomic E-state index is 13.0. The molecule has 1 aliphatic heterocycles. The maximum atomic E-state index is 13.0. The Kier molecular flexibility index (Phi) is 5.73. The van der Waals surface area contributed by atoms with E-state index in [-0.39, 0.29) is 4.90 Å². The summed E-state index contributed by atoms with van der Waals surface area (Å²) in [7, 11) is -3.58. The van der Waals surface area contributed by atoms with E-state index in [0.29, 0.717) is 42.7 Å². The molecule has 2 aromatic heterocycles. The molecule has 0 saturated carbocycles. The van der Waals surface area contributed by atoms with Crippen LogP contribution in [0, 0.1) is 13.8 Å². The number of aryl methyl sites for hydroxylation is 1. The van der Waals surface area contributed by atoms with Crippen LogP contribution in [0.15, 0.2) is 53.6 Å². The average Bonchev–Trinajstić information content (AvgIpc) is 2.76. The highest BCUT2D eigenvalue weighted by Gasteiger charge is 2.30. The van der Waals surface area contributed by atoms with E-state index >= 15 is 0 Å². The van der Waals surface area contributed by atoms with Gasteiger partial charge >= 0.3 is 0 Å². The van der Waals surface area contributed by atoms with Crippen LogP contribution in [-0.2, 0) is 10.0 Å². The molecule has 7 nitrogen and oxygen atoms in total. The second-order valence-corrected chi connectivity index (χ2v) is 9.52.